The number of carbonyl (C=O) groups excluding carboxylic acids is 1. The molecule has 0 bridgehead atoms. The molecular weight excluding hydrogens is 294 g/mol. The fourth-order valence-electron chi connectivity index (χ4n) is 2.03. The van der Waals surface area contributed by atoms with Crippen LogP contribution in [0.4, 0.5) is 0 Å². The number of alkyl halides is 1. The van der Waals surface area contributed by atoms with Crippen LogP contribution in [-0.2, 0) is 23.7 Å². The largest absolute Gasteiger partial charge is 0.461 e. The van der Waals surface area contributed by atoms with E-state index in [9.17, 15) is 4.79 Å². The van der Waals surface area contributed by atoms with E-state index in [0.717, 1.165) is 18.7 Å². The molecule has 0 saturated heterocycles. The summed E-state index contributed by atoms with van der Waals surface area (Å²) in [4.78, 5) is 15.9. The van der Waals surface area contributed by atoms with Crippen molar-refractivity contribution in [2.24, 2.45) is 0 Å². The lowest BCUT2D eigenvalue weighted by atomic mass is 10.3. The van der Waals surface area contributed by atoms with Crippen LogP contribution in [0.5, 0.6) is 0 Å². The second kappa shape index (κ2) is 7.21. The Hall–Kier alpha value is -1.89. The van der Waals surface area contributed by atoms with Crippen LogP contribution in [0.1, 0.15) is 42.1 Å². The van der Waals surface area contributed by atoms with Gasteiger partial charge in [0.1, 0.15) is 0 Å². The van der Waals surface area contributed by atoms with E-state index in [-0.39, 0.29) is 18.2 Å². The second-order valence-electron chi connectivity index (χ2n) is 4.47. The number of rotatable bonds is 7. The molecule has 0 N–H and O–H groups in total. The lowest BCUT2D eigenvalue weighted by molar-refractivity contribution is 0.0518. The predicted octanol–water partition coefficient (Wildman–Crippen LogP) is 1.85. The third-order valence-electron chi connectivity index (χ3n) is 3.01. The van der Waals surface area contributed by atoms with Gasteiger partial charge in [-0.05, 0) is 13.3 Å². The Labute approximate surface area is 127 Å². The molecular formula is C13H18ClN5O2. The van der Waals surface area contributed by atoms with Gasteiger partial charge in [-0.2, -0.15) is 0 Å². The molecule has 0 unspecified atom stereocenters. The van der Waals surface area contributed by atoms with Gasteiger partial charge in [0, 0.05) is 6.54 Å². The first-order valence-electron chi connectivity index (χ1n) is 6.85. The van der Waals surface area contributed by atoms with Crippen molar-refractivity contribution in [3.63, 3.8) is 0 Å². The molecule has 2 aromatic rings. The number of carbonyl (C=O) groups is 1. The summed E-state index contributed by atoms with van der Waals surface area (Å²) in [7, 11) is 0. The maximum Gasteiger partial charge on any atom is 0.360 e. The molecule has 2 rings (SSSR count). The standard InChI is InChI=1S/C13H18ClN5O2/c1-3-5-18-9-15-7-10(18)8-19-11(6-14)12(16-17-19)13(20)21-4-2/h7,9H,3-6,8H2,1-2H3. The predicted molar refractivity (Wildman–Crippen MR) is 77.2 cm³/mol. The molecule has 0 aromatic carbocycles. The summed E-state index contributed by atoms with van der Waals surface area (Å²) in [6.07, 6.45) is 4.57. The highest BCUT2D eigenvalue weighted by atomic mass is 35.5. The molecule has 2 heterocycles. The minimum absolute atomic E-state index is 0.142. The summed E-state index contributed by atoms with van der Waals surface area (Å²) in [6, 6.07) is 0. The van der Waals surface area contributed by atoms with E-state index in [1.54, 1.807) is 24.1 Å². The highest BCUT2D eigenvalue weighted by Gasteiger charge is 2.20. The fraction of sp³-hybridized carbons (Fsp3) is 0.538. The minimum Gasteiger partial charge on any atom is -0.461 e. The quantitative estimate of drug-likeness (QED) is 0.576. The molecule has 2 aromatic heterocycles. The fourth-order valence-corrected chi connectivity index (χ4v) is 2.29. The van der Waals surface area contributed by atoms with E-state index in [1.807, 2.05) is 4.57 Å². The Morgan fingerprint density at radius 1 is 1.43 bits per heavy atom. The zero-order valence-electron chi connectivity index (χ0n) is 12.1. The first kappa shape index (κ1) is 15.5. The van der Waals surface area contributed by atoms with Crippen LogP contribution in [0.25, 0.3) is 0 Å². The number of aryl methyl sites for hydroxylation is 1. The Bertz CT molecular complexity index is 607. The molecule has 8 heteroatoms. The van der Waals surface area contributed by atoms with Crippen LogP contribution in [0.3, 0.4) is 0 Å². The van der Waals surface area contributed by atoms with Crippen LogP contribution < -0.4 is 0 Å². The molecule has 114 valence electrons. The Morgan fingerprint density at radius 2 is 2.24 bits per heavy atom. The number of nitrogens with zero attached hydrogens (tertiary/aromatic N) is 5. The van der Waals surface area contributed by atoms with Crippen LogP contribution in [0, 0.1) is 0 Å². The van der Waals surface area contributed by atoms with Gasteiger partial charge < -0.3 is 9.30 Å². The lowest BCUT2D eigenvalue weighted by Crippen LogP contribution is -2.12. The molecule has 0 saturated carbocycles. The third kappa shape index (κ3) is 3.41. The van der Waals surface area contributed by atoms with Crippen molar-refractivity contribution in [1.82, 2.24) is 24.5 Å². The van der Waals surface area contributed by atoms with Crippen LogP contribution in [0.2, 0.25) is 0 Å². The smallest absolute Gasteiger partial charge is 0.360 e. The van der Waals surface area contributed by atoms with Gasteiger partial charge in [0.05, 0.1) is 42.9 Å². The van der Waals surface area contributed by atoms with Gasteiger partial charge in [-0.1, -0.05) is 12.1 Å². The number of imidazole rings is 1. The molecule has 0 spiro atoms. The topological polar surface area (TPSA) is 74.8 Å². The van der Waals surface area contributed by atoms with Crippen molar-refractivity contribution < 1.29 is 9.53 Å². The molecule has 0 radical (unpaired) electrons. The Balaban J connectivity index is 2.24. The van der Waals surface area contributed by atoms with Crippen molar-refractivity contribution in [3.05, 3.63) is 29.6 Å². The van der Waals surface area contributed by atoms with Crippen molar-refractivity contribution in [2.75, 3.05) is 6.61 Å². The molecule has 0 aliphatic heterocycles. The van der Waals surface area contributed by atoms with Crippen molar-refractivity contribution in [3.8, 4) is 0 Å². The van der Waals surface area contributed by atoms with Gasteiger partial charge in [-0.3, -0.25) is 0 Å². The zero-order valence-corrected chi connectivity index (χ0v) is 12.9. The van der Waals surface area contributed by atoms with Gasteiger partial charge in [-0.15, -0.1) is 16.7 Å². The summed E-state index contributed by atoms with van der Waals surface area (Å²) in [5.74, 6) is -0.357. The van der Waals surface area contributed by atoms with E-state index in [2.05, 4.69) is 22.2 Å². The molecule has 7 nitrogen and oxygen atoms in total. The molecule has 0 aliphatic rings. The van der Waals surface area contributed by atoms with E-state index < -0.39 is 5.97 Å². The van der Waals surface area contributed by atoms with Crippen molar-refractivity contribution in [2.45, 2.75) is 39.2 Å². The number of hydrogen-bond donors (Lipinski definition) is 0. The van der Waals surface area contributed by atoms with Gasteiger partial charge in [0.2, 0.25) is 0 Å². The SMILES string of the molecule is CCCn1cncc1Cn1nnc(C(=O)OCC)c1CCl. The second-order valence-corrected chi connectivity index (χ2v) is 4.74. The third-order valence-corrected chi connectivity index (χ3v) is 3.26. The Kier molecular flexibility index (Phi) is 5.32. The van der Waals surface area contributed by atoms with Crippen molar-refractivity contribution in [1.29, 1.82) is 0 Å². The van der Waals surface area contributed by atoms with Crippen LogP contribution in [0.15, 0.2) is 12.5 Å². The lowest BCUT2D eigenvalue weighted by Gasteiger charge is -2.08. The number of hydrogen-bond acceptors (Lipinski definition) is 5. The summed E-state index contributed by atoms with van der Waals surface area (Å²) in [5.41, 5.74) is 1.72. The summed E-state index contributed by atoms with van der Waals surface area (Å²) in [6.45, 7) is 5.48. The van der Waals surface area contributed by atoms with E-state index in [1.165, 1.54) is 0 Å². The van der Waals surface area contributed by atoms with E-state index in [0.29, 0.717) is 12.2 Å². The average molecular weight is 312 g/mol. The van der Waals surface area contributed by atoms with Gasteiger partial charge in [-0.25, -0.2) is 14.5 Å². The first-order valence-corrected chi connectivity index (χ1v) is 7.39. The number of ether oxygens (including phenoxy) is 1. The molecule has 0 amide bonds. The van der Waals surface area contributed by atoms with Crippen LogP contribution >= 0.6 is 11.6 Å². The van der Waals surface area contributed by atoms with Gasteiger partial charge in [0.25, 0.3) is 0 Å². The van der Waals surface area contributed by atoms with Crippen molar-refractivity contribution >= 4 is 17.6 Å². The molecule has 0 fully saturated rings. The maximum absolute atomic E-state index is 11.8. The number of halogens is 1. The maximum atomic E-state index is 11.8. The summed E-state index contributed by atoms with van der Waals surface area (Å²) in [5, 5.41) is 7.89. The van der Waals surface area contributed by atoms with E-state index in [4.69, 9.17) is 16.3 Å². The van der Waals surface area contributed by atoms with Gasteiger partial charge >= 0.3 is 5.97 Å². The Morgan fingerprint density at radius 3 is 2.90 bits per heavy atom. The molecule has 0 aliphatic carbocycles. The van der Waals surface area contributed by atoms with E-state index >= 15 is 0 Å². The zero-order chi connectivity index (χ0) is 15.2. The molecule has 0 atom stereocenters. The van der Waals surface area contributed by atoms with Gasteiger partial charge in [0.15, 0.2) is 5.69 Å². The van der Waals surface area contributed by atoms with Crippen LogP contribution in [-0.4, -0.2) is 37.1 Å². The monoisotopic (exact) mass is 311 g/mol. The highest BCUT2D eigenvalue weighted by Crippen LogP contribution is 2.13. The molecule has 21 heavy (non-hydrogen) atoms. The summed E-state index contributed by atoms with van der Waals surface area (Å²) < 4.78 is 8.61. The minimum atomic E-state index is -0.499. The number of esters is 1. The summed E-state index contributed by atoms with van der Waals surface area (Å²) >= 11 is 5.93. The average Bonchev–Trinajstić information content (AvgIpc) is 3.07. The first-order chi connectivity index (χ1) is 10.2. The number of aromatic nitrogens is 5. The highest BCUT2D eigenvalue weighted by molar-refractivity contribution is 6.17. The normalized spacial score (nSPS) is 10.8.